The van der Waals surface area contributed by atoms with Gasteiger partial charge in [-0.05, 0) is 49.9 Å². The minimum atomic E-state index is -1.02. The number of carbonyl (C=O) groups excluding carboxylic acids is 1. The van der Waals surface area contributed by atoms with Gasteiger partial charge in [0.2, 0.25) is 0 Å². The Morgan fingerprint density at radius 3 is 2.60 bits per heavy atom. The molecule has 2 bridgehead atoms. The highest BCUT2D eigenvalue weighted by atomic mass is 16.5. The number of aromatic carboxylic acids is 1. The topological polar surface area (TPSA) is 75.6 Å². The molecule has 0 radical (unpaired) electrons. The number of carboxylic acids is 1. The van der Waals surface area contributed by atoms with Crippen molar-refractivity contribution in [2.45, 2.75) is 44.4 Å². The van der Waals surface area contributed by atoms with E-state index in [1.165, 1.54) is 6.07 Å². The second-order valence-corrected chi connectivity index (χ2v) is 5.58. The molecule has 5 nitrogen and oxygen atoms in total. The van der Waals surface area contributed by atoms with Crippen LogP contribution in [0.15, 0.2) is 18.2 Å². The van der Waals surface area contributed by atoms with Gasteiger partial charge in [-0.1, -0.05) is 0 Å². The number of benzene rings is 1. The van der Waals surface area contributed by atoms with Gasteiger partial charge in [-0.15, -0.1) is 0 Å². The maximum Gasteiger partial charge on any atom is 0.335 e. The van der Waals surface area contributed by atoms with Gasteiger partial charge in [0.15, 0.2) is 0 Å². The summed E-state index contributed by atoms with van der Waals surface area (Å²) in [7, 11) is 0. The van der Waals surface area contributed by atoms with Crippen molar-refractivity contribution in [3.05, 3.63) is 34.9 Å². The lowest BCUT2D eigenvalue weighted by atomic mass is 9.95. The molecule has 106 valence electrons. The quantitative estimate of drug-likeness (QED) is 0.881. The van der Waals surface area contributed by atoms with Gasteiger partial charge in [0.25, 0.3) is 5.91 Å². The van der Waals surface area contributed by atoms with E-state index in [2.05, 4.69) is 5.32 Å². The maximum absolute atomic E-state index is 12.2. The van der Waals surface area contributed by atoms with Crippen LogP contribution in [-0.4, -0.2) is 35.2 Å². The molecule has 0 saturated carbocycles. The summed E-state index contributed by atoms with van der Waals surface area (Å²) >= 11 is 0. The molecule has 20 heavy (non-hydrogen) atoms. The van der Waals surface area contributed by atoms with Crippen molar-refractivity contribution in [1.82, 2.24) is 5.32 Å². The molecule has 5 heteroatoms. The summed E-state index contributed by atoms with van der Waals surface area (Å²) in [6.45, 7) is 1.78. The van der Waals surface area contributed by atoms with E-state index in [0.29, 0.717) is 5.56 Å². The second kappa shape index (κ2) is 4.90. The molecule has 2 heterocycles. The van der Waals surface area contributed by atoms with Gasteiger partial charge in [0.05, 0.1) is 23.8 Å². The van der Waals surface area contributed by atoms with Crippen LogP contribution in [-0.2, 0) is 4.74 Å². The Morgan fingerprint density at radius 1 is 1.25 bits per heavy atom. The number of carboxylic acid groups (broad SMARTS) is 1. The Balaban J connectivity index is 1.75. The van der Waals surface area contributed by atoms with E-state index < -0.39 is 5.97 Å². The number of ether oxygens (including phenoxy) is 1. The van der Waals surface area contributed by atoms with Crippen LogP contribution in [0.25, 0.3) is 0 Å². The first kappa shape index (κ1) is 13.1. The molecule has 0 spiro atoms. The van der Waals surface area contributed by atoms with Crippen molar-refractivity contribution in [2.24, 2.45) is 0 Å². The third-order valence-corrected chi connectivity index (χ3v) is 4.01. The Hall–Kier alpha value is -1.88. The fourth-order valence-electron chi connectivity index (χ4n) is 3.08. The van der Waals surface area contributed by atoms with E-state index in [1.54, 1.807) is 19.1 Å². The fourth-order valence-corrected chi connectivity index (χ4v) is 3.08. The summed E-state index contributed by atoms with van der Waals surface area (Å²) in [4.78, 5) is 23.3. The predicted octanol–water partition coefficient (Wildman–Crippen LogP) is 1.74. The lowest BCUT2D eigenvalue weighted by molar-refractivity contribution is 0.0696. The molecule has 3 rings (SSSR count). The number of amides is 1. The predicted molar refractivity (Wildman–Crippen MR) is 71.9 cm³/mol. The van der Waals surface area contributed by atoms with E-state index in [1.807, 2.05) is 0 Å². The molecular weight excluding hydrogens is 258 g/mol. The van der Waals surface area contributed by atoms with Crippen molar-refractivity contribution < 1.29 is 19.4 Å². The van der Waals surface area contributed by atoms with Crippen LogP contribution in [0.4, 0.5) is 0 Å². The normalized spacial score (nSPS) is 27.6. The zero-order chi connectivity index (χ0) is 14.3. The van der Waals surface area contributed by atoms with Crippen LogP contribution < -0.4 is 5.32 Å². The van der Waals surface area contributed by atoms with E-state index in [-0.39, 0.29) is 29.7 Å². The van der Waals surface area contributed by atoms with E-state index in [0.717, 1.165) is 24.8 Å². The van der Waals surface area contributed by atoms with Gasteiger partial charge < -0.3 is 15.2 Å². The second-order valence-electron chi connectivity index (χ2n) is 5.58. The smallest absolute Gasteiger partial charge is 0.335 e. The summed E-state index contributed by atoms with van der Waals surface area (Å²) in [5, 5.41) is 12.0. The summed E-state index contributed by atoms with van der Waals surface area (Å²) in [6, 6.07) is 4.73. The van der Waals surface area contributed by atoms with Crippen molar-refractivity contribution in [1.29, 1.82) is 0 Å². The summed E-state index contributed by atoms with van der Waals surface area (Å²) in [5.74, 6) is -1.25. The average molecular weight is 275 g/mol. The van der Waals surface area contributed by atoms with Crippen molar-refractivity contribution >= 4 is 11.9 Å². The molecule has 2 aliphatic rings. The Labute approximate surface area is 116 Å². The van der Waals surface area contributed by atoms with Gasteiger partial charge >= 0.3 is 5.97 Å². The summed E-state index contributed by atoms with van der Waals surface area (Å²) in [6.07, 6.45) is 3.31. The fraction of sp³-hybridized carbons (Fsp3) is 0.467. The molecule has 2 aliphatic heterocycles. The van der Waals surface area contributed by atoms with Gasteiger partial charge in [-0.3, -0.25) is 4.79 Å². The van der Waals surface area contributed by atoms with Crippen LogP contribution in [0.3, 0.4) is 0 Å². The van der Waals surface area contributed by atoms with Crippen LogP contribution in [0, 0.1) is 6.92 Å². The molecule has 1 aromatic rings. The third-order valence-electron chi connectivity index (χ3n) is 4.01. The highest BCUT2D eigenvalue weighted by Crippen LogP contribution is 2.34. The molecule has 1 amide bonds. The molecule has 2 saturated heterocycles. The lowest BCUT2D eigenvalue weighted by Crippen LogP contribution is -2.41. The van der Waals surface area contributed by atoms with Crippen molar-refractivity contribution in [3.8, 4) is 0 Å². The maximum atomic E-state index is 12.2. The minimum absolute atomic E-state index is 0.0510. The number of rotatable bonds is 3. The number of hydrogen-bond acceptors (Lipinski definition) is 3. The SMILES string of the molecule is Cc1cc(C(=O)O)cc(C(=O)N[C@@H]2C[C@H]3CC[C@@H]2O3)c1. The molecule has 1 aromatic carbocycles. The number of aryl methyl sites for hydroxylation is 1. The molecule has 2 fully saturated rings. The van der Waals surface area contributed by atoms with Gasteiger partial charge in [0.1, 0.15) is 0 Å². The van der Waals surface area contributed by atoms with Gasteiger partial charge in [-0.25, -0.2) is 4.79 Å². The number of carbonyl (C=O) groups is 2. The lowest BCUT2D eigenvalue weighted by Gasteiger charge is -2.20. The molecular formula is C15H17NO4. The van der Waals surface area contributed by atoms with Gasteiger partial charge in [0, 0.05) is 5.56 Å². The van der Waals surface area contributed by atoms with E-state index in [4.69, 9.17) is 9.84 Å². The first-order valence-electron chi connectivity index (χ1n) is 6.84. The first-order chi connectivity index (χ1) is 9.52. The van der Waals surface area contributed by atoms with Crippen LogP contribution >= 0.6 is 0 Å². The van der Waals surface area contributed by atoms with Crippen LogP contribution in [0.2, 0.25) is 0 Å². The average Bonchev–Trinajstić information content (AvgIpc) is 3.00. The number of fused-ring (bicyclic) bond motifs is 2. The monoisotopic (exact) mass is 275 g/mol. The van der Waals surface area contributed by atoms with Crippen LogP contribution in [0.1, 0.15) is 45.5 Å². The minimum Gasteiger partial charge on any atom is -0.478 e. The van der Waals surface area contributed by atoms with Gasteiger partial charge in [-0.2, -0.15) is 0 Å². The number of nitrogens with one attached hydrogen (secondary N) is 1. The Morgan fingerprint density at radius 2 is 2.00 bits per heavy atom. The molecule has 2 N–H and O–H groups in total. The zero-order valence-corrected chi connectivity index (χ0v) is 11.3. The largest absolute Gasteiger partial charge is 0.478 e. The highest BCUT2D eigenvalue weighted by molar-refractivity contribution is 5.98. The Bertz CT molecular complexity index is 569. The van der Waals surface area contributed by atoms with E-state index in [9.17, 15) is 9.59 Å². The van der Waals surface area contributed by atoms with Crippen molar-refractivity contribution in [3.63, 3.8) is 0 Å². The Kier molecular flexibility index (Phi) is 3.22. The first-order valence-corrected chi connectivity index (χ1v) is 6.84. The molecule has 0 aromatic heterocycles. The standard InChI is InChI=1S/C15H17NO4/c1-8-4-9(6-10(5-8)15(18)19)14(17)16-12-7-11-2-3-13(12)20-11/h4-6,11-13H,2-3,7H2,1H3,(H,16,17)(H,18,19)/t11-,12-,13+/m1/s1. The zero-order valence-electron chi connectivity index (χ0n) is 11.3. The molecule has 0 unspecified atom stereocenters. The molecule has 3 atom stereocenters. The highest BCUT2D eigenvalue weighted by Gasteiger charge is 2.41. The van der Waals surface area contributed by atoms with Crippen molar-refractivity contribution in [2.75, 3.05) is 0 Å². The van der Waals surface area contributed by atoms with E-state index >= 15 is 0 Å². The summed E-state index contributed by atoms with van der Waals surface area (Å²) < 4.78 is 5.70. The number of hydrogen-bond donors (Lipinski definition) is 2. The molecule has 0 aliphatic carbocycles. The third kappa shape index (κ3) is 2.41. The van der Waals surface area contributed by atoms with Crippen LogP contribution in [0.5, 0.6) is 0 Å². The summed E-state index contributed by atoms with van der Waals surface area (Å²) in [5.41, 5.74) is 1.30.